The van der Waals surface area contributed by atoms with Crippen LogP contribution in [-0.2, 0) is 14.8 Å². The average molecular weight is 294 g/mol. The molecular weight excluding hydrogens is 276 g/mol. The van der Waals surface area contributed by atoms with Crippen molar-refractivity contribution >= 4 is 10.0 Å². The summed E-state index contributed by atoms with van der Waals surface area (Å²) < 4.78 is 32.5. The molecular formula is C14H18N2O3S. The molecule has 3 N–H and O–H groups in total. The molecule has 1 aliphatic heterocycles. The second-order valence-corrected chi connectivity index (χ2v) is 6.28. The van der Waals surface area contributed by atoms with Crippen LogP contribution in [0, 0.1) is 11.8 Å². The largest absolute Gasteiger partial charge is 0.380 e. The van der Waals surface area contributed by atoms with E-state index < -0.39 is 10.0 Å². The van der Waals surface area contributed by atoms with Crippen molar-refractivity contribution in [1.82, 2.24) is 4.72 Å². The van der Waals surface area contributed by atoms with Gasteiger partial charge in [-0.3, -0.25) is 0 Å². The third-order valence-electron chi connectivity index (χ3n) is 2.96. The van der Waals surface area contributed by atoms with Crippen LogP contribution in [-0.4, -0.2) is 34.2 Å². The normalized spacial score (nSPS) is 19.1. The molecule has 0 aliphatic carbocycles. The monoisotopic (exact) mass is 294 g/mol. The fourth-order valence-corrected chi connectivity index (χ4v) is 3.32. The summed E-state index contributed by atoms with van der Waals surface area (Å²) in [6.07, 6.45) is 1.67. The number of hydrogen-bond donors (Lipinski definition) is 2. The van der Waals surface area contributed by atoms with Crippen molar-refractivity contribution in [1.29, 1.82) is 0 Å². The van der Waals surface area contributed by atoms with Crippen molar-refractivity contribution in [2.75, 3.05) is 19.8 Å². The van der Waals surface area contributed by atoms with Crippen LogP contribution in [0.5, 0.6) is 0 Å². The molecule has 1 fully saturated rings. The highest BCUT2D eigenvalue weighted by atomic mass is 32.2. The minimum absolute atomic E-state index is 0.160. The third kappa shape index (κ3) is 4.05. The van der Waals surface area contributed by atoms with Gasteiger partial charge in [0.15, 0.2) is 0 Å². The third-order valence-corrected chi connectivity index (χ3v) is 4.48. The first-order chi connectivity index (χ1) is 9.62. The highest BCUT2D eigenvalue weighted by Crippen LogP contribution is 2.14. The van der Waals surface area contributed by atoms with E-state index in [9.17, 15) is 8.42 Å². The first-order valence-corrected chi connectivity index (χ1v) is 7.99. The zero-order valence-electron chi connectivity index (χ0n) is 11.1. The molecule has 5 nitrogen and oxygen atoms in total. The van der Waals surface area contributed by atoms with E-state index in [1.807, 2.05) is 0 Å². The lowest BCUT2D eigenvalue weighted by atomic mass is 10.1. The quantitative estimate of drug-likeness (QED) is 0.793. The molecule has 1 saturated heterocycles. The van der Waals surface area contributed by atoms with Crippen LogP contribution >= 0.6 is 0 Å². The Labute approximate surface area is 119 Å². The standard InChI is InChI=1S/C14H18N2O3S/c15-8-2-5-12-4-1-7-14(10-12)20(17,18)16-13-6-3-9-19-11-13/h1,4,7,10,13,16H,3,6,8-9,11,15H2. The topological polar surface area (TPSA) is 81.4 Å². The number of hydrogen-bond acceptors (Lipinski definition) is 4. The van der Waals surface area contributed by atoms with Gasteiger partial charge in [0.25, 0.3) is 0 Å². The molecule has 2 rings (SSSR count). The number of sulfonamides is 1. The van der Waals surface area contributed by atoms with Gasteiger partial charge < -0.3 is 10.5 Å². The van der Waals surface area contributed by atoms with Gasteiger partial charge in [-0.05, 0) is 31.0 Å². The van der Waals surface area contributed by atoms with Crippen molar-refractivity contribution in [3.63, 3.8) is 0 Å². The lowest BCUT2D eigenvalue weighted by Gasteiger charge is -2.22. The maximum atomic E-state index is 12.3. The van der Waals surface area contributed by atoms with Gasteiger partial charge in [0.2, 0.25) is 10.0 Å². The Hall–Kier alpha value is -1.39. The highest BCUT2D eigenvalue weighted by Gasteiger charge is 2.22. The van der Waals surface area contributed by atoms with Crippen molar-refractivity contribution in [3.8, 4) is 11.8 Å². The van der Waals surface area contributed by atoms with Gasteiger partial charge in [-0.2, -0.15) is 0 Å². The van der Waals surface area contributed by atoms with Crippen LogP contribution in [0.4, 0.5) is 0 Å². The summed E-state index contributed by atoms with van der Waals surface area (Å²) in [6, 6.07) is 6.37. The molecule has 0 aromatic heterocycles. The molecule has 6 heteroatoms. The van der Waals surface area contributed by atoms with E-state index >= 15 is 0 Å². The summed E-state index contributed by atoms with van der Waals surface area (Å²) in [5.74, 6) is 5.54. The van der Waals surface area contributed by atoms with Crippen molar-refractivity contribution in [2.24, 2.45) is 5.73 Å². The molecule has 1 aliphatic rings. The maximum Gasteiger partial charge on any atom is 0.240 e. The Balaban J connectivity index is 2.16. The van der Waals surface area contributed by atoms with Crippen LogP contribution in [0.2, 0.25) is 0 Å². The number of nitrogens with one attached hydrogen (secondary N) is 1. The molecule has 1 aromatic carbocycles. The number of ether oxygens (including phenoxy) is 1. The number of nitrogens with two attached hydrogens (primary N) is 1. The molecule has 0 bridgehead atoms. The van der Waals surface area contributed by atoms with E-state index in [-0.39, 0.29) is 17.5 Å². The lowest BCUT2D eigenvalue weighted by Crippen LogP contribution is -2.40. The van der Waals surface area contributed by atoms with Gasteiger partial charge in [-0.15, -0.1) is 0 Å². The summed E-state index contributed by atoms with van der Waals surface area (Å²) in [4.78, 5) is 0.215. The Morgan fingerprint density at radius 2 is 2.30 bits per heavy atom. The molecule has 1 heterocycles. The van der Waals surface area contributed by atoms with Crippen LogP contribution in [0.15, 0.2) is 29.2 Å². The van der Waals surface area contributed by atoms with Gasteiger partial charge in [-0.25, -0.2) is 13.1 Å². The summed E-state index contributed by atoms with van der Waals surface area (Å²) in [5.41, 5.74) is 5.94. The van der Waals surface area contributed by atoms with Crippen molar-refractivity contribution in [3.05, 3.63) is 29.8 Å². The minimum atomic E-state index is -3.54. The first-order valence-electron chi connectivity index (χ1n) is 6.51. The van der Waals surface area contributed by atoms with Crippen LogP contribution in [0.25, 0.3) is 0 Å². The molecule has 1 aromatic rings. The van der Waals surface area contributed by atoms with Crippen LogP contribution in [0.1, 0.15) is 18.4 Å². The van der Waals surface area contributed by atoms with E-state index in [0.717, 1.165) is 12.8 Å². The molecule has 0 spiro atoms. The van der Waals surface area contributed by atoms with Gasteiger partial charge in [0, 0.05) is 18.2 Å². The zero-order chi connectivity index (χ0) is 14.4. The number of benzene rings is 1. The summed E-state index contributed by atoms with van der Waals surface area (Å²) in [5, 5.41) is 0. The SMILES string of the molecule is NCC#Cc1cccc(S(=O)(=O)NC2CCCOC2)c1. The fourth-order valence-electron chi connectivity index (χ4n) is 2.02. The van der Waals surface area contributed by atoms with Gasteiger partial charge in [0.1, 0.15) is 0 Å². The van der Waals surface area contributed by atoms with E-state index in [1.165, 1.54) is 0 Å². The first kappa shape index (κ1) is 15.0. The molecule has 108 valence electrons. The van der Waals surface area contributed by atoms with Gasteiger partial charge in [0.05, 0.1) is 18.0 Å². The van der Waals surface area contributed by atoms with E-state index in [0.29, 0.717) is 18.8 Å². The molecule has 1 atom stereocenters. The highest BCUT2D eigenvalue weighted by molar-refractivity contribution is 7.89. The minimum Gasteiger partial charge on any atom is -0.380 e. The maximum absolute atomic E-state index is 12.3. The van der Waals surface area contributed by atoms with Gasteiger partial charge in [-0.1, -0.05) is 17.9 Å². The predicted octanol–water partition coefficient (Wildman–Crippen LogP) is 0.454. The van der Waals surface area contributed by atoms with Crippen LogP contribution < -0.4 is 10.5 Å². The predicted molar refractivity (Wildman–Crippen MR) is 76.5 cm³/mol. The van der Waals surface area contributed by atoms with Crippen molar-refractivity contribution in [2.45, 2.75) is 23.8 Å². The summed E-state index contributed by atoms with van der Waals surface area (Å²) in [6.45, 7) is 1.36. The molecule has 0 amide bonds. The molecule has 20 heavy (non-hydrogen) atoms. The Kier molecular flexibility index (Phi) is 5.15. The van der Waals surface area contributed by atoms with Gasteiger partial charge >= 0.3 is 0 Å². The Bertz CT molecular complexity index is 611. The number of rotatable bonds is 3. The van der Waals surface area contributed by atoms with E-state index in [1.54, 1.807) is 24.3 Å². The lowest BCUT2D eigenvalue weighted by molar-refractivity contribution is 0.0774. The molecule has 0 radical (unpaired) electrons. The molecule has 1 unspecified atom stereocenters. The van der Waals surface area contributed by atoms with Crippen molar-refractivity contribution < 1.29 is 13.2 Å². The Morgan fingerprint density at radius 3 is 3.00 bits per heavy atom. The Morgan fingerprint density at radius 1 is 1.45 bits per heavy atom. The smallest absolute Gasteiger partial charge is 0.240 e. The zero-order valence-corrected chi connectivity index (χ0v) is 11.9. The van der Waals surface area contributed by atoms with Crippen LogP contribution in [0.3, 0.4) is 0 Å². The average Bonchev–Trinajstić information content (AvgIpc) is 2.46. The second kappa shape index (κ2) is 6.86. The van der Waals surface area contributed by atoms with E-state index in [2.05, 4.69) is 16.6 Å². The fraction of sp³-hybridized carbons (Fsp3) is 0.429. The van der Waals surface area contributed by atoms with E-state index in [4.69, 9.17) is 10.5 Å². The summed E-state index contributed by atoms with van der Waals surface area (Å²) in [7, 11) is -3.54. The molecule has 0 saturated carbocycles. The summed E-state index contributed by atoms with van der Waals surface area (Å²) >= 11 is 0. The second-order valence-electron chi connectivity index (χ2n) is 4.57.